The molecule has 3 aromatic rings. The number of carbonyl (C=O) groups is 2. The molecule has 2 amide bonds. The molecule has 0 spiro atoms. The van der Waals surface area contributed by atoms with Gasteiger partial charge in [-0.2, -0.15) is 0 Å². The smallest absolute Gasteiger partial charge is 0.227 e. The van der Waals surface area contributed by atoms with Crippen molar-refractivity contribution in [3.05, 3.63) is 72.4 Å². The van der Waals surface area contributed by atoms with Crippen molar-refractivity contribution < 1.29 is 9.59 Å². The third kappa shape index (κ3) is 3.88. The van der Waals surface area contributed by atoms with Crippen LogP contribution < -0.4 is 10.2 Å². The van der Waals surface area contributed by atoms with E-state index in [4.69, 9.17) is 0 Å². The number of aromatic nitrogens is 1. The van der Waals surface area contributed by atoms with Gasteiger partial charge in [-0.05, 0) is 30.5 Å². The predicted octanol–water partition coefficient (Wildman–Crippen LogP) is 3.34. The first-order valence-electron chi connectivity index (χ1n) is 9.68. The molecule has 2 heterocycles. The van der Waals surface area contributed by atoms with Gasteiger partial charge in [0, 0.05) is 31.1 Å². The van der Waals surface area contributed by atoms with Gasteiger partial charge in [0.05, 0.1) is 17.1 Å². The Kier molecular flexibility index (Phi) is 5.33. The number of aryl methyl sites for hydroxylation is 1. The summed E-state index contributed by atoms with van der Waals surface area (Å²) in [7, 11) is 0. The van der Waals surface area contributed by atoms with Gasteiger partial charge in [-0.1, -0.05) is 48.5 Å². The fraction of sp³-hybridized carbons (Fsp3) is 0.261. The number of rotatable bonds is 6. The standard InChI is InChI=1S/C23H23N3O2/c27-21-15-19(23(28)25-14-5-9-17-7-2-1-3-8-17)16-26(21)20-12-4-10-18-11-6-13-24-22(18)20/h1-4,6-8,10-13,19H,5,9,14-16H2,(H,25,28). The first-order valence-corrected chi connectivity index (χ1v) is 9.68. The average Bonchev–Trinajstić information content (AvgIpc) is 3.13. The van der Waals surface area contributed by atoms with E-state index in [-0.39, 0.29) is 24.2 Å². The van der Waals surface area contributed by atoms with E-state index in [2.05, 4.69) is 22.4 Å². The zero-order valence-electron chi connectivity index (χ0n) is 15.7. The van der Waals surface area contributed by atoms with Crippen LogP contribution in [-0.4, -0.2) is 29.9 Å². The van der Waals surface area contributed by atoms with Crippen LogP contribution in [0.1, 0.15) is 18.4 Å². The van der Waals surface area contributed by atoms with Crippen LogP contribution in [0.3, 0.4) is 0 Å². The van der Waals surface area contributed by atoms with E-state index in [1.165, 1.54) is 5.56 Å². The number of anilines is 1. The number of benzene rings is 2. The Morgan fingerprint density at radius 1 is 1.07 bits per heavy atom. The molecule has 0 radical (unpaired) electrons. The number of nitrogens with zero attached hydrogens (tertiary/aromatic N) is 2. The number of nitrogens with one attached hydrogen (secondary N) is 1. The van der Waals surface area contributed by atoms with Gasteiger partial charge in [0.1, 0.15) is 0 Å². The summed E-state index contributed by atoms with van der Waals surface area (Å²) in [5, 5.41) is 3.98. The summed E-state index contributed by atoms with van der Waals surface area (Å²) in [6, 6.07) is 19.9. The van der Waals surface area contributed by atoms with E-state index in [9.17, 15) is 9.59 Å². The first-order chi connectivity index (χ1) is 13.7. The van der Waals surface area contributed by atoms with Crippen LogP contribution in [0.4, 0.5) is 5.69 Å². The minimum atomic E-state index is -0.316. The van der Waals surface area contributed by atoms with Crippen LogP contribution in [0, 0.1) is 5.92 Å². The monoisotopic (exact) mass is 373 g/mol. The maximum Gasteiger partial charge on any atom is 0.227 e. The SMILES string of the molecule is O=C(NCCCc1ccccc1)C1CC(=O)N(c2cccc3cccnc23)C1. The molecule has 0 saturated carbocycles. The van der Waals surface area contributed by atoms with E-state index in [1.54, 1.807) is 11.1 Å². The quantitative estimate of drug-likeness (QED) is 0.674. The normalized spacial score (nSPS) is 16.5. The number of hydrogen-bond acceptors (Lipinski definition) is 3. The lowest BCUT2D eigenvalue weighted by Gasteiger charge is -2.18. The van der Waals surface area contributed by atoms with Crippen molar-refractivity contribution in [3.63, 3.8) is 0 Å². The molecule has 5 heteroatoms. The molecule has 1 atom stereocenters. The fourth-order valence-electron chi connectivity index (χ4n) is 3.72. The van der Waals surface area contributed by atoms with Crippen LogP contribution in [0.25, 0.3) is 10.9 Å². The second-order valence-electron chi connectivity index (χ2n) is 7.14. The van der Waals surface area contributed by atoms with Crippen molar-refractivity contribution >= 4 is 28.4 Å². The molecule has 1 saturated heterocycles. The molecule has 0 bridgehead atoms. The highest BCUT2D eigenvalue weighted by atomic mass is 16.2. The number of carbonyl (C=O) groups excluding carboxylic acids is 2. The maximum atomic E-state index is 12.6. The largest absolute Gasteiger partial charge is 0.356 e. The molecule has 2 aromatic carbocycles. The Balaban J connectivity index is 1.35. The molecule has 1 N–H and O–H groups in total. The van der Waals surface area contributed by atoms with Crippen molar-refractivity contribution in [2.45, 2.75) is 19.3 Å². The summed E-state index contributed by atoms with van der Waals surface area (Å²) in [6.07, 6.45) is 3.78. The Labute approximate surface area is 164 Å². The van der Waals surface area contributed by atoms with E-state index in [0.29, 0.717) is 13.1 Å². The number of para-hydroxylation sites is 1. The van der Waals surface area contributed by atoms with Crippen LogP contribution >= 0.6 is 0 Å². The summed E-state index contributed by atoms with van der Waals surface area (Å²) in [6.45, 7) is 1.02. The summed E-state index contributed by atoms with van der Waals surface area (Å²) >= 11 is 0. The van der Waals surface area contributed by atoms with E-state index >= 15 is 0 Å². The van der Waals surface area contributed by atoms with Crippen molar-refractivity contribution in [3.8, 4) is 0 Å². The first kappa shape index (κ1) is 18.2. The van der Waals surface area contributed by atoms with E-state index in [0.717, 1.165) is 29.4 Å². The van der Waals surface area contributed by atoms with Gasteiger partial charge >= 0.3 is 0 Å². The molecule has 142 valence electrons. The zero-order chi connectivity index (χ0) is 19.3. The summed E-state index contributed by atoms with van der Waals surface area (Å²) in [5.41, 5.74) is 2.84. The Morgan fingerprint density at radius 3 is 2.75 bits per heavy atom. The van der Waals surface area contributed by atoms with Gasteiger partial charge in [-0.15, -0.1) is 0 Å². The van der Waals surface area contributed by atoms with Gasteiger partial charge < -0.3 is 10.2 Å². The summed E-state index contributed by atoms with van der Waals surface area (Å²) in [4.78, 5) is 31.2. The number of amides is 2. The lowest BCUT2D eigenvalue weighted by Crippen LogP contribution is -2.33. The summed E-state index contributed by atoms with van der Waals surface area (Å²) in [5.74, 6) is -0.386. The van der Waals surface area contributed by atoms with E-state index < -0.39 is 0 Å². The highest BCUT2D eigenvalue weighted by Gasteiger charge is 2.35. The average molecular weight is 373 g/mol. The Bertz CT molecular complexity index is 982. The number of fused-ring (bicyclic) bond motifs is 1. The van der Waals surface area contributed by atoms with Crippen molar-refractivity contribution in [2.24, 2.45) is 5.92 Å². The molecule has 1 unspecified atom stereocenters. The Hall–Kier alpha value is -3.21. The summed E-state index contributed by atoms with van der Waals surface area (Å²) < 4.78 is 0. The second-order valence-corrected chi connectivity index (χ2v) is 7.14. The van der Waals surface area contributed by atoms with Gasteiger partial charge in [-0.25, -0.2) is 0 Å². The molecule has 4 rings (SSSR count). The lowest BCUT2D eigenvalue weighted by molar-refractivity contribution is -0.126. The molecule has 1 fully saturated rings. The van der Waals surface area contributed by atoms with Crippen LogP contribution in [0.15, 0.2) is 66.9 Å². The van der Waals surface area contributed by atoms with Crippen LogP contribution in [-0.2, 0) is 16.0 Å². The van der Waals surface area contributed by atoms with Crippen LogP contribution in [0.5, 0.6) is 0 Å². The fourth-order valence-corrected chi connectivity index (χ4v) is 3.72. The molecule has 5 nitrogen and oxygen atoms in total. The minimum Gasteiger partial charge on any atom is -0.356 e. The van der Waals surface area contributed by atoms with Gasteiger partial charge in [0.2, 0.25) is 11.8 Å². The third-order valence-corrected chi connectivity index (χ3v) is 5.18. The third-order valence-electron chi connectivity index (χ3n) is 5.18. The highest BCUT2D eigenvalue weighted by Crippen LogP contribution is 2.30. The minimum absolute atomic E-state index is 0.0254. The Morgan fingerprint density at radius 2 is 1.89 bits per heavy atom. The maximum absolute atomic E-state index is 12.6. The van der Waals surface area contributed by atoms with Crippen molar-refractivity contribution in [2.75, 3.05) is 18.0 Å². The molecule has 1 aliphatic heterocycles. The highest BCUT2D eigenvalue weighted by molar-refractivity contribution is 6.05. The van der Waals surface area contributed by atoms with Crippen LogP contribution in [0.2, 0.25) is 0 Å². The zero-order valence-corrected chi connectivity index (χ0v) is 15.7. The van der Waals surface area contributed by atoms with E-state index in [1.807, 2.05) is 48.5 Å². The van der Waals surface area contributed by atoms with Gasteiger partial charge in [-0.3, -0.25) is 14.6 Å². The van der Waals surface area contributed by atoms with Crippen molar-refractivity contribution in [1.82, 2.24) is 10.3 Å². The number of pyridine rings is 1. The molecule has 1 aromatic heterocycles. The lowest BCUT2D eigenvalue weighted by atomic mass is 10.1. The topological polar surface area (TPSA) is 62.3 Å². The predicted molar refractivity (Wildman–Crippen MR) is 110 cm³/mol. The molecule has 28 heavy (non-hydrogen) atoms. The second kappa shape index (κ2) is 8.21. The van der Waals surface area contributed by atoms with Gasteiger partial charge in [0.25, 0.3) is 0 Å². The van der Waals surface area contributed by atoms with Crippen molar-refractivity contribution in [1.29, 1.82) is 0 Å². The molecule has 0 aliphatic carbocycles. The van der Waals surface area contributed by atoms with Gasteiger partial charge in [0.15, 0.2) is 0 Å². The molecular weight excluding hydrogens is 350 g/mol. The molecule has 1 aliphatic rings. The molecular formula is C23H23N3O2. The number of hydrogen-bond donors (Lipinski definition) is 1.